The number of aromatic nitrogens is 2. The lowest BCUT2D eigenvalue weighted by atomic mass is 10.1. The van der Waals surface area contributed by atoms with E-state index in [-0.39, 0.29) is 36.0 Å². The number of rotatable bonds is 7. The minimum atomic E-state index is -0.140. The third-order valence-corrected chi connectivity index (χ3v) is 4.24. The van der Waals surface area contributed by atoms with Gasteiger partial charge in [0.25, 0.3) is 0 Å². The minimum absolute atomic E-state index is 0. The van der Waals surface area contributed by atoms with E-state index >= 15 is 0 Å². The number of morpholine rings is 1. The van der Waals surface area contributed by atoms with E-state index < -0.39 is 0 Å². The highest BCUT2D eigenvalue weighted by molar-refractivity contribution is 14.0. The van der Waals surface area contributed by atoms with Crippen molar-refractivity contribution in [3.05, 3.63) is 18.0 Å². The summed E-state index contributed by atoms with van der Waals surface area (Å²) in [5, 5.41) is 7.62. The van der Waals surface area contributed by atoms with Crippen molar-refractivity contribution in [1.29, 1.82) is 0 Å². The van der Waals surface area contributed by atoms with E-state index in [9.17, 15) is 4.79 Å². The van der Waals surface area contributed by atoms with Crippen LogP contribution in [0.25, 0.3) is 0 Å². The predicted octanol–water partition coefficient (Wildman–Crippen LogP) is 1.72. The fourth-order valence-electron chi connectivity index (χ4n) is 2.86. The molecule has 26 heavy (non-hydrogen) atoms. The number of nitrogens with zero attached hydrogens (tertiary/aromatic N) is 4. The number of halogens is 1. The lowest BCUT2D eigenvalue weighted by molar-refractivity contribution is -0.140. The number of ether oxygens (including phenoxy) is 2. The molecule has 148 valence electrons. The van der Waals surface area contributed by atoms with Crippen molar-refractivity contribution in [1.82, 2.24) is 20.0 Å². The number of unbranched alkanes of at least 4 members (excludes halogenated alkanes) is 2. The summed E-state index contributed by atoms with van der Waals surface area (Å²) in [5.74, 6) is 0.753. The third kappa shape index (κ3) is 7.10. The first-order chi connectivity index (χ1) is 12.1. The molecule has 1 aliphatic rings. The van der Waals surface area contributed by atoms with E-state index in [4.69, 9.17) is 4.74 Å². The molecule has 2 heterocycles. The third-order valence-electron chi connectivity index (χ3n) is 4.24. The van der Waals surface area contributed by atoms with Gasteiger partial charge >= 0.3 is 5.97 Å². The summed E-state index contributed by atoms with van der Waals surface area (Å²) in [5.41, 5.74) is 1.09. The van der Waals surface area contributed by atoms with Gasteiger partial charge in [0.2, 0.25) is 0 Å². The number of guanidine groups is 1. The van der Waals surface area contributed by atoms with Gasteiger partial charge in [-0.2, -0.15) is 5.10 Å². The second-order valence-corrected chi connectivity index (χ2v) is 6.11. The van der Waals surface area contributed by atoms with Gasteiger partial charge in [0.15, 0.2) is 5.96 Å². The molecule has 1 aromatic rings. The van der Waals surface area contributed by atoms with E-state index in [0.29, 0.717) is 13.0 Å². The van der Waals surface area contributed by atoms with Crippen molar-refractivity contribution in [2.75, 3.05) is 40.4 Å². The minimum Gasteiger partial charge on any atom is -0.469 e. The van der Waals surface area contributed by atoms with E-state index in [1.165, 1.54) is 7.11 Å². The van der Waals surface area contributed by atoms with Crippen molar-refractivity contribution >= 4 is 35.9 Å². The van der Waals surface area contributed by atoms with Crippen LogP contribution in [0.5, 0.6) is 0 Å². The first-order valence-electron chi connectivity index (χ1n) is 8.76. The van der Waals surface area contributed by atoms with Gasteiger partial charge in [-0.1, -0.05) is 6.42 Å². The molecule has 0 bridgehead atoms. The Kier molecular flexibility index (Phi) is 10.6. The molecule has 1 aliphatic heterocycles. The van der Waals surface area contributed by atoms with Crippen LogP contribution in [0.4, 0.5) is 0 Å². The molecular formula is C17H30IN5O3. The number of methoxy groups -OCH3 is 1. The first kappa shape index (κ1) is 22.7. The smallest absolute Gasteiger partial charge is 0.305 e. The zero-order chi connectivity index (χ0) is 18.1. The number of esters is 1. The number of carbonyl (C=O) groups excluding carboxylic acids is 1. The van der Waals surface area contributed by atoms with Gasteiger partial charge in [0.05, 0.1) is 26.5 Å². The lowest BCUT2D eigenvalue weighted by Crippen LogP contribution is -2.48. The van der Waals surface area contributed by atoms with Crippen LogP contribution in [0.2, 0.25) is 0 Å². The van der Waals surface area contributed by atoms with Crippen LogP contribution >= 0.6 is 24.0 Å². The molecule has 1 aromatic heterocycles. The van der Waals surface area contributed by atoms with Gasteiger partial charge in [-0.15, -0.1) is 24.0 Å². The molecule has 1 saturated heterocycles. The molecule has 0 aromatic carbocycles. The second-order valence-electron chi connectivity index (χ2n) is 6.11. The Morgan fingerprint density at radius 3 is 2.92 bits per heavy atom. The highest BCUT2D eigenvalue weighted by Crippen LogP contribution is 2.21. The molecule has 0 spiro atoms. The van der Waals surface area contributed by atoms with Crippen LogP contribution < -0.4 is 5.32 Å². The van der Waals surface area contributed by atoms with Crippen molar-refractivity contribution in [3.8, 4) is 0 Å². The molecule has 9 heteroatoms. The molecule has 0 aliphatic carbocycles. The average molecular weight is 479 g/mol. The van der Waals surface area contributed by atoms with E-state index in [0.717, 1.165) is 50.4 Å². The molecule has 1 fully saturated rings. The summed E-state index contributed by atoms with van der Waals surface area (Å²) in [6.07, 6.45) is 7.18. The quantitative estimate of drug-likeness (QED) is 0.211. The number of hydrogen-bond donors (Lipinski definition) is 1. The molecule has 0 radical (unpaired) electrons. The lowest BCUT2D eigenvalue weighted by Gasteiger charge is -2.34. The van der Waals surface area contributed by atoms with Crippen molar-refractivity contribution in [3.63, 3.8) is 0 Å². The topological polar surface area (TPSA) is 81.0 Å². The van der Waals surface area contributed by atoms with Crippen LogP contribution in [-0.4, -0.2) is 67.0 Å². The summed E-state index contributed by atoms with van der Waals surface area (Å²) in [6, 6.07) is 0. The average Bonchev–Trinajstić information content (AvgIpc) is 3.07. The summed E-state index contributed by atoms with van der Waals surface area (Å²) < 4.78 is 12.3. The number of nitrogens with one attached hydrogen (secondary N) is 1. The molecular weight excluding hydrogens is 449 g/mol. The van der Waals surface area contributed by atoms with Crippen LogP contribution in [0.3, 0.4) is 0 Å². The summed E-state index contributed by atoms with van der Waals surface area (Å²) in [7, 11) is 5.13. The van der Waals surface area contributed by atoms with Crippen LogP contribution in [0.1, 0.15) is 37.4 Å². The monoisotopic (exact) mass is 479 g/mol. The number of hydrogen-bond acceptors (Lipinski definition) is 5. The SMILES string of the molecule is CN=C(NCCCCCC(=O)OC)N1CCOC(c2cnn(C)c2)C1.I. The molecule has 8 nitrogen and oxygen atoms in total. The Bertz CT molecular complexity index is 578. The number of carbonyl (C=O) groups is 1. The van der Waals surface area contributed by atoms with Crippen LogP contribution in [0, 0.1) is 0 Å². The Labute approximate surface area is 172 Å². The maximum atomic E-state index is 11.1. The standard InChI is InChI=1S/C17H29N5O3.HI/c1-18-17(19-8-6-4-5-7-16(23)24-3)22-9-10-25-15(13-22)14-11-20-21(2)12-14;/h11-12,15H,4-10,13H2,1-3H3,(H,18,19);1H. The Hall–Kier alpha value is -1.36. The highest BCUT2D eigenvalue weighted by atomic mass is 127. The predicted molar refractivity (Wildman–Crippen MR) is 111 cm³/mol. The zero-order valence-corrected chi connectivity index (χ0v) is 18.1. The number of aryl methyl sites for hydroxylation is 1. The molecule has 0 amide bonds. The van der Waals surface area contributed by atoms with E-state index in [2.05, 4.69) is 25.0 Å². The van der Waals surface area contributed by atoms with Crippen molar-refractivity contribution in [2.24, 2.45) is 12.0 Å². The largest absolute Gasteiger partial charge is 0.469 e. The van der Waals surface area contributed by atoms with Gasteiger partial charge in [-0.05, 0) is 12.8 Å². The maximum absolute atomic E-state index is 11.1. The van der Waals surface area contributed by atoms with Crippen molar-refractivity contribution < 1.29 is 14.3 Å². The fraction of sp³-hybridized carbons (Fsp3) is 0.706. The molecule has 2 rings (SSSR count). The van der Waals surface area contributed by atoms with Gasteiger partial charge in [-0.3, -0.25) is 14.5 Å². The normalized spacial score (nSPS) is 17.6. The summed E-state index contributed by atoms with van der Waals surface area (Å²) in [6.45, 7) is 3.08. The Morgan fingerprint density at radius 1 is 1.46 bits per heavy atom. The maximum Gasteiger partial charge on any atom is 0.305 e. The van der Waals surface area contributed by atoms with Gasteiger partial charge < -0.3 is 19.7 Å². The molecule has 0 saturated carbocycles. The second kappa shape index (κ2) is 12.1. The molecule has 1 atom stereocenters. The van der Waals surface area contributed by atoms with Gasteiger partial charge in [-0.25, -0.2) is 0 Å². The van der Waals surface area contributed by atoms with E-state index in [1.54, 1.807) is 11.7 Å². The number of aliphatic imine (C=N–C) groups is 1. The Balaban J connectivity index is 0.00000338. The first-order valence-corrected chi connectivity index (χ1v) is 8.76. The summed E-state index contributed by atoms with van der Waals surface area (Å²) in [4.78, 5) is 17.7. The van der Waals surface area contributed by atoms with Gasteiger partial charge in [0, 0.05) is 45.4 Å². The highest BCUT2D eigenvalue weighted by Gasteiger charge is 2.24. The van der Waals surface area contributed by atoms with Gasteiger partial charge in [0.1, 0.15) is 6.10 Å². The molecule has 1 N–H and O–H groups in total. The fourth-order valence-corrected chi connectivity index (χ4v) is 2.86. The van der Waals surface area contributed by atoms with Crippen molar-refractivity contribution in [2.45, 2.75) is 31.8 Å². The van der Waals surface area contributed by atoms with E-state index in [1.807, 2.05) is 19.4 Å². The van der Waals surface area contributed by atoms with Crippen LogP contribution in [-0.2, 0) is 21.3 Å². The van der Waals surface area contributed by atoms with Crippen LogP contribution in [0.15, 0.2) is 17.4 Å². The Morgan fingerprint density at radius 2 is 2.27 bits per heavy atom. The summed E-state index contributed by atoms with van der Waals surface area (Å²) >= 11 is 0. The zero-order valence-electron chi connectivity index (χ0n) is 15.8. The molecule has 1 unspecified atom stereocenters.